The number of hydrogen-bond acceptors (Lipinski definition) is 22. The summed E-state index contributed by atoms with van der Waals surface area (Å²) in [6, 6.07) is 72.7. The standard InChI is InChI=1S/2C25H20N4O.C24H19N5O.C21H21N5O/c1-16-12-13-19-20-10-6-15-27-25(20)30-23(19)22(16)29-17(2)28(18-8-4-3-5-9-18)24-21(29)11-7-14-26-24;1-16-12-13-19-20-10-6-15-27-25(20)30-23(19)22(16)29-17(2)28(18-8-4-3-5-9-18)21-11-7-14-26-24(21)29;1-15-10-11-18-19-9-6-12-27-24(19)30-21(18)20(15)29-16(2)28(17-7-4-3-5-8-17)22-23(29)26-14-13-25-22;1-12(2)25-14(4)26(20-19(25)22-10-11-23-20)17-13(3)7-8-15-16-6-5-9-24-21(16)27-18(15)17/h2*3-15,17H,1-2H3;3-14,16H,1-2H3;5-12,14H,1-4H3. The summed E-state index contributed by atoms with van der Waals surface area (Å²) in [4.78, 5) is 64.0. The number of aryl methyl sites for hydroxylation is 4. The lowest BCUT2D eigenvalue weighted by Crippen LogP contribution is -2.42. The molecule has 0 bridgehead atoms. The summed E-state index contributed by atoms with van der Waals surface area (Å²) in [5, 5.41) is 8.37. The summed E-state index contributed by atoms with van der Waals surface area (Å²) in [7, 11) is 0. The van der Waals surface area contributed by atoms with Gasteiger partial charge in [-0.1, -0.05) is 103 Å². The first-order chi connectivity index (χ1) is 57.3. The number of hydrogen-bond donors (Lipinski definition) is 0. The van der Waals surface area contributed by atoms with Crippen LogP contribution in [0.15, 0.2) is 292 Å². The Morgan fingerprint density at radius 2 is 0.513 bits per heavy atom. The van der Waals surface area contributed by atoms with Gasteiger partial charge in [0.1, 0.15) is 24.7 Å². The van der Waals surface area contributed by atoms with Crippen molar-refractivity contribution in [1.29, 1.82) is 0 Å². The van der Waals surface area contributed by atoms with E-state index in [1.807, 2.05) is 85.2 Å². The van der Waals surface area contributed by atoms with Crippen LogP contribution in [-0.2, 0) is 0 Å². The minimum Gasteiger partial charge on any atom is -0.435 e. The average Bonchev–Trinajstić information content (AvgIpc) is 1.59. The fourth-order valence-electron chi connectivity index (χ4n) is 17.7. The molecule has 4 unspecified atom stereocenters. The molecule has 22 heteroatoms. The van der Waals surface area contributed by atoms with Gasteiger partial charge in [0.15, 0.2) is 57.2 Å². The summed E-state index contributed by atoms with van der Waals surface area (Å²) in [5.74, 6) is 5.30. The molecule has 574 valence electrons. The smallest absolute Gasteiger partial charge is 0.227 e. The van der Waals surface area contributed by atoms with Crippen LogP contribution in [0.1, 0.15) is 63.8 Å². The molecule has 22 nitrogen and oxygen atoms in total. The van der Waals surface area contributed by atoms with E-state index in [1.54, 1.807) is 49.6 Å². The second-order valence-electron chi connectivity index (χ2n) is 30.0. The van der Waals surface area contributed by atoms with E-state index in [4.69, 9.17) is 32.6 Å². The monoisotopic (exact) mass is 1540 g/mol. The molecule has 4 aliphatic rings. The molecule has 0 fully saturated rings. The average molecular weight is 1540 g/mol. The lowest BCUT2D eigenvalue weighted by molar-refractivity contribution is 0.597. The summed E-state index contributed by atoms with van der Waals surface area (Å²) < 4.78 is 25.0. The third-order valence-corrected chi connectivity index (χ3v) is 22.8. The van der Waals surface area contributed by atoms with Gasteiger partial charge in [-0.25, -0.2) is 49.8 Å². The molecule has 0 radical (unpaired) electrons. The zero-order valence-electron chi connectivity index (χ0n) is 66.1. The van der Waals surface area contributed by atoms with Gasteiger partial charge in [0.2, 0.25) is 22.9 Å². The molecule has 23 rings (SSSR count). The molecular weight excluding hydrogens is 1460 g/mol. The maximum Gasteiger partial charge on any atom is 0.227 e. The van der Waals surface area contributed by atoms with Gasteiger partial charge in [-0.3, -0.25) is 14.7 Å². The molecule has 19 aromatic rings. The number of para-hydroxylation sites is 3. The van der Waals surface area contributed by atoms with Gasteiger partial charge >= 0.3 is 0 Å². The third kappa shape index (κ3) is 11.6. The van der Waals surface area contributed by atoms with E-state index >= 15 is 0 Å². The van der Waals surface area contributed by atoms with Crippen molar-refractivity contribution in [2.75, 3.05) is 39.2 Å². The normalized spacial score (nSPS) is 16.1. The van der Waals surface area contributed by atoms with Crippen molar-refractivity contribution in [2.45, 2.75) is 99.9 Å². The first-order valence-electron chi connectivity index (χ1n) is 39.4. The van der Waals surface area contributed by atoms with Crippen LogP contribution in [0, 0.1) is 27.7 Å². The Labute approximate surface area is 673 Å². The van der Waals surface area contributed by atoms with Gasteiger partial charge in [0.05, 0.1) is 34.1 Å². The highest BCUT2D eigenvalue weighted by molar-refractivity contribution is 6.14. The third-order valence-electron chi connectivity index (χ3n) is 22.8. The summed E-state index contributed by atoms with van der Waals surface area (Å²) in [5.41, 5.74) is 20.1. The van der Waals surface area contributed by atoms with E-state index in [9.17, 15) is 0 Å². The van der Waals surface area contributed by atoms with Crippen LogP contribution in [0.5, 0.6) is 0 Å². The number of benzene rings is 7. The highest BCUT2D eigenvalue weighted by Crippen LogP contribution is 2.55. The van der Waals surface area contributed by atoms with Crippen molar-refractivity contribution in [3.8, 4) is 0 Å². The second kappa shape index (κ2) is 28.7. The van der Waals surface area contributed by atoms with Crippen molar-refractivity contribution in [2.24, 2.45) is 0 Å². The molecule has 16 heterocycles. The van der Waals surface area contributed by atoms with Crippen molar-refractivity contribution < 1.29 is 17.7 Å². The molecule has 0 spiro atoms. The van der Waals surface area contributed by atoms with Crippen molar-refractivity contribution >= 4 is 174 Å². The number of nitrogens with zero attached hydrogens (tertiary/aromatic N) is 18. The maximum absolute atomic E-state index is 6.29. The van der Waals surface area contributed by atoms with Gasteiger partial charge in [-0.05, 0) is 201 Å². The van der Waals surface area contributed by atoms with Crippen LogP contribution >= 0.6 is 0 Å². The Hall–Kier alpha value is -14.8. The molecule has 117 heavy (non-hydrogen) atoms. The van der Waals surface area contributed by atoms with Crippen LogP contribution in [0.25, 0.3) is 88.3 Å². The summed E-state index contributed by atoms with van der Waals surface area (Å²) in [6.45, 7) is 21.6. The number of aromatic nitrogens is 10. The van der Waals surface area contributed by atoms with Crippen LogP contribution in [-0.4, -0.2) is 80.5 Å². The van der Waals surface area contributed by atoms with Gasteiger partial charge in [-0.15, -0.1) is 0 Å². The predicted molar refractivity (Wildman–Crippen MR) is 467 cm³/mol. The topological polar surface area (TPSA) is 207 Å². The van der Waals surface area contributed by atoms with Gasteiger partial charge in [0.25, 0.3) is 0 Å². The zero-order valence-corrected chi connectivity index (χ0v) is 66.1. The van der Waals surface area contributed by atoms with E-state index in [-0.39, 0.29) is 24.7 Å². The Morgan fingerprint density at radius 3 is 0.906 bits per heavy atom. The summed E-state index contributed by atoms with van der Waals surface area (Å²) >= 11 is 0. The number of fused-ring (bicyclic) bond motifs is 16. The van der Waals surface area contributed by atoms with E-state index in [2.05, 4.69) is 283 Å². The molecule has 4 aliphatic heterocycles. The largest absolute Gasteiger partial charge is 0.435 e. The van der Waals surface area contributed by atoms with E-state index < -0.39 is 0 Å². The first-order valence-corrected chi connectivity index (χ1v) is 39.4. The molecule has 7 aromatic carbocycles. The molecule has 0 saturated heterocycles. The fraction of sp³-hybridized carbons (Fsp3) is 0.158. The van der Waals surface area contributed by atoms with E-state index in [0.29, 0.717) is 28.9 Å². The highest BCUT2D eigenvalue weighted by atomic mass is 16.4. The Balaban J connectivity index is 0.000000100. The number of rotatable bonds is 8. The van der Waals surface area contributed by atoms with Crippen molar-refractivity contribution in [3.63, 3.8) is 0 Å². The molecular formula is C95H80N18O4. The van der Waals surface area contributed by atoms with Crippen LogP contribution < -0.4 is 39.2 Å². The van der Waals surface area contributed by atoms with Crippen molar-refractivity contribution in [3.05, 3.63) is 297 Å². The SMILES string of the molecule is Cc1ccc2c(oc3ncccc32)c1N1c2cccnc2N(c2ccccc2)C1C.Cc1ccc2c(oc3ncccc32)c1N1c2ncccc2N(c2ccccc2)C1C.Cc1ccc2c(oc3ncccc32)c1N1c2nccnc2N(C(C)C)C1C.Cc1ccc2c(oc3ncccc32)c1N1c2nccnc2N(c2ccccc2)C1C. The van der Waals surface area contributed by atoms with Crippen LogP contribution in [0.2, 0.25) is 0 Å². The van der Waals surface area contributed by atoms with Gasteiger partial charge < -0.3 is 42.2 Å². The van der Waals surface area contributed by atoms with E-state index in [0.717, 1.165) is 174 Å². The molecule has 0 aliphatic carbocycles. The number of pyridine rings is 6. The minimum atomic E-state index is -0.0322. The fourth-order valence-corrected chi connectivity index (χ4v) is 17.7. The maximum atomic E-state index is 6.29. The predicted octanol–water partition coefficient (Wildman–Crippen LogP) is 23.1. The lowest BCUT2D eigenvalue weighted by Gasteiger charge is -2.32. The Bertz CT molecular complexity index is 6500. The van der Waals surface area contributed by atoms with E-state index in [1.165, 1.54) is 0 Å². The quantitative estimate of drug-likeness (QED) is 0.139. The zero-order chi connectivity index (χ0) is 79.4. The Morgan fingerprint density at radius 1 is 0.239 bits per heavy atom. The van der Waals surface area contributed by atoms with Gasteiger partial charge in [-0.2, -0.15) is 0 Å². The first kappa shape index (κ1) is 71.3. The highest BCUT2D eigenvalue weighted by Gasteiger charge is 2.44. The second-order valence-corrected chi connectivity index (χ2v) is 30.0. The molecule has 12 aromatic heterocycles. The van der Waals surface area contributed by atoms with Crippen molar-refractivity contribution in [1.82, 2.24) is 49.8 Å². The molecule has 4 atom stereocenters. The number of furan rings is 4. The molecule has 0 amide bonds. The van der Waals surface area contributed by atoms with Crippen LogP contribution in [0.3, 0.4) is 0 Å². The molecule has 0 N–H and O–H groups in total. The van der Waals surface area contributed by atoms with Crippen LogP contribution in [0.4, 0.5) is 86.1 Å². The minimum absolute atomic E-state index is 0.0303. The number of anilines is 15. The Kier molecular flexibility index (Phi) is 17.5. The lowest BCUT2D eigenvalue weighted by atomic mass is 10.1. The molecule has 0 saturated carbocycles. The van der Waals surface area contributed by atoms with Gasteiger partial charge in [0, 0.05) is 128 Å². The summed E-state index contributed by atoms with van der Waals surface area (Å²) in [6.07, 6.45) is 17.8.